The summed E-state index contributed by atoms with van der Waals surface area (Å²) in [5.41, 5.74) is 0.344. The third-order valence-electron chi connectivity index (χ3n) is 2.35. The van der Waals surface area contributed by atoms with Gasteiger partial charge in [0.2, 0.25) is 5.91 Å². The second kappa shape index (κ2) is 6.60. The molecule has 0 saturated heterocycles. The smallest absolute Gasteiger partial charge is 0.406 e. The van der Waals surface area contributed by atoms with Crippen molar-refractivity contribution < 1.29 is 27.9 Å². The Bertz CT molecular complexity index is 505. The van der Waals surface area contributed by atoms with Crippen LogP contribution in [0.4, 0.5) is 13.2 Å². The van der Waals surface area contributed by atoms with E-state index >= 15 is 0 Å². The maximum Gasteiger partial charge on any atom is 0.406 e. The van der Waals surface area contributed by atoms with Crippen molar-refractivity contribution in [2.75, 3.05) is 13.1 Å². The van der Waals surface area contributed by atoms with Crippen molar-refractivity contribution in [2.45, 2.75) is 12.6 Å². The Kier molecular flexibility index (Phi) is 5.38. The van der Waals surface area contributed by atoms with E-state index in [1.165, 1.54) is 12.1 Å². The van der Waals surface area contributed by atoms with Crippen molar-refractivity contribution in [3.63, 3.8) is 0 Å². The maximum atomic E-state index is 12.3. The molecule has 0 saturated carbocycles. The van der Waals surface area contributed by atoms with Crippen molar-refractivity contribution in [1.82, 2.24) is 4.90 Å². The van der Waals surface area contributed by atoms with Crippen LogP contribution in [0.15, 0.2) is 24.3 Å². The van der Waals surface area contributed by atoms with Crippen LogP contribution in [0.25, 0.3) is 0 Å². The number of alkyl halides is 3. The lowest BCUT2D eigenvalue weighted by molar-refractivity contribution is -0.165. The average molecular weight is 310 g/mol. The molecule has 1 N–H and O–H groups in total. The zero-order valence-corrected chi connectivity index (χ0v) is 10.9. The Morgan fingerprint density at radius 2 is 1.85 bits per heavy atom. The largest absolute Gasteiger partial charge is 0.480 e. The van der Waals surface area contributed by atoms with Gasteiger partial charge >= 0.3 is 12.1 Å². The van der Waals surface area contributed by atoms with Gasteiger partial charge in [0.15, 0.2) is 0 Å². The van der Waals surface area contributed by atoms with Crippen LogP contribution >= 0.6 is 11.6 Å². The quantitative estimate of drug-likeness (QED) is 0.908. The van der Waals surface area contributed by atoms with Crippen LogP contribution in [0.5, 0.6) is 0 Å². The summed E-state index contributed by atoms with van der Waals surface area (Å²) < 4.78 is 37.0. The number of halogens is 4. The SMILES string of the molecule is O=C(O)CN(CC(F)(F)F)C(=O)Cc1ccccc1Cl. The number of rotatable bonds is 5. The summed E-state index contributed by atoms with van der Waals surface area (Å²) in [6.45, 7) is -2.62. The van der Waals surface area contributed by atoms with Gasteiger partial charge in [0, 0.05) is 5.02 Å². The van der Waals surface area contributed by atoms with Gasteiger partial charge in [-0.05, 0) is 11.6 Å². The first-order valence-corrected chi connectivity index (χ1v) is 5.86. The topological polar surface area (TPSA) is 57.6 Å². The number of carboxylic acid groups (broad SMARTS) is 1. The van der Waals surface area contributed by atoms with Crippen molar-refractivity contribution in [1.29, 1.82) is 0 Å². The molecule has 0 unspecified atom stereocenters. The predicted molar refractivity (Wildman–Crippen MR) is 65.4 cm³/mol. The van der Waals surface area contributed by atoms with Gasteiger partial charge in [-0.3, -0.25) is 9.59 Å². The highest BCUT2D eigenvalue weighted by atomic mass is 35.5. The summed E-state index contributed by atoms with van der Waals surface area (Å²) >= 11 is 5.80. The Labute approximate surface area is 117 Å². The molecule has 0 aromatic heterocycles. The molecular formula is C12H11ClF3NO3. The molecule has 0 atom stereocenters. The van der Waals surface area contributed by atoms with Crippen LogP contribution in [0.3, 0.4) is 0 Å². The number of hydrogen-bond acceptors (Lipinski definition) is 2. The molecule has 0 aliphatic rings. The zero-order valence-electron chi connectivity index (χ0n) is 10.2. The molecule has 1 rings (SSSR count). The van der Waals surface area contributed by atoms with Crippen LogP contribution in [-0.4, -0.2) is 41.1 Å². The monoisotopic (exact) mass is 309 g/mol. The number of carboxylic acids is 1. The van der Waals surface area contributed by atoms with Gasteiger partial charge in [0.1, 0.15) is 13.1 Å². The number of amides is 1. The van der Waals surface area contributed by atoms with Crippen LogP contribution in [0, 0.1) is 0 Å². The Balaban J connectivity index is 2.83. The van der Waals surface area contributed by atoms with Gasteiger partial charge in [0.25, 0.3) is 0 Å². The van der Waals surface area contributed by atoms with E-state index in [1.807, 2.05) is 0 Å². The van der Waals surface area contributed by atoms with E-state index in [1.54, 1.807) is 12.1 Å². The zero-order chi connectivity index (χ0) is 15.3. The lowest BCUT2D eigenvalue weighted by Crippen LogP contribution is -2.42. The molecule has 0 spiro atoms. The van der Waals surface area contributed by atoms with Gasteiger partial charge < -0.3 is 10.0 Å². The highest BCUT2D eigenvalue weighted by Gasteiger charge is 2.33. The van der Waals surface area contributed by atoms with Crippen LogP contribution < -0.4 is 0 Å². The summed E-state index contributed by atoms with van der Waals surface area (Å²) in [7, 11) is 0. The van der Waals surface area contributed by atoms with Gasteiger partial charge in [-0.2, -0.15) is 13.2 Å². The number of benzene rings is 1. The predicted octanol–water partition coefficient (Wildman–Crippen LogP) is 2.36. The number of carbonyl (C=O) groups is 2. The Morgan fingerprint density at radius 3 is 2.35 bits per heavy atom. The summed E-state index contributed by atoms with van der Waals surface area (Å²) in [5, 5.41) is 8.80. The van der Waals surface area contributed by atoms with Crippen LogP contribution in [0.1, 0.15) is 5.56 Å². The maximum absolute atomic E-state index is 12.3. The molecule has 0 heterocycles. The number of aliphatic carboxylic acids is 1. The molecule has 0 aliphatic heterocycles. The minimum Gasteiger partial charge on any atom is -0.480 e. The molecule has 20 heavy (non-hydrogen) atoms. The van der Waals surface area contributed by atoms with Crippen LogP contribution in [-0.2, 0) is 16.0 Å². The highest BCUT2D eigenvalue weighted by molar-refractivity contribution is 6.31. The molecule has 1 amide bonds. The second-order valence-corrected chi connectivity index (χ2v) is 4.43. The van der Waals surface area contributed by atoms with Crippen molar-refractivity contribution in [3.8, 4) is 0 Å². The molecular weight excluding hydrogens is 299 g/mol. The summed E-state index contributed by atoms with van der Waals surface area (Å²) in [6.07, 6.45) is -5.05. The van der Waals surface area contributed by atoms with Crippen LogP contribution in [0.2, 0.25) is 5.02 Å². The minimum atomic E-state index is -4.66. The van der Waals surface area contributed by atoms with E-state index in [4.69, 9.17) is 16.7 Å². The fraction of sp³-hybridized carbons (Fsp3) is 0.333. The van der Waals surface area contributed by atoms with Crippen molar-refractivity contribution in [2.24, 2.45) is 0 Å². The molecule has 8 heteroatoms. The fourth-order valence-electron chi connectivity index (χ4n) is 1.53. The molecule has 0 radical (unpaired) electrons. The van der Waals surface area contributed by atoms with E-state index < -0.39 is 31.1 Å². The molecule has 0 aliphatic carbocycles. The summed E-state index contributed by atoms with van der Waals surface area (Å²) in [4.78, 5) is 22.6. The van der Waals surface area contributed by atoms with E-state index in [2.05, 4.69) is 0 Å². The van der Waals surface area contributed by atoms with E-state index in [0.29, 0.717) is 5.56 Å². The lowest BCUT2D eigenvalue weighted by Gasteiger charge is -2.22. The molecule has 0 fully saturated rings. The molecule has 1 aromatic carbocycles. The lowest BCUT2D eigenvalue weighted by atomic mass is 10.1. The third-order valence-corrected chi connectivity index (χ3v) is 2.72. The average Bonchev–Trinajstić information content (AvgIpc) is 2.28. The summed E-state index contributed by atoms with van der Waals surface area (Å²) in [6, 6.07) is 6.18. The first kappa shape index (κ1) is 16.3. The van der Waals surface area contributed by atoms with Gasteiger partial charge in [-0.25, -0.2) is 0 Å². The van der Waals surface area contributed by atoms with Gasteiger partial charge in [-0.15, -0.1) is 0 Å². The highest BCUT2D eigenvalue weighted by Crippen LogP contribution is 2.19. The number of hydrogen-bond donors (Lipinski definition) is 1. The van der Waals surface area contributed by atoms with Gasteiger partial charge in [0.05, 0.1) is 6.42 Å². The van der Waals surface area contributed by atoms with Crippen molar-refractivity contribution in [3.05, 3.63) is 34.9 Å². The third kappa shape index (κ3) is 5.48. The summed E-state index contributed by atoms with van der Waals surface area (Å²) in [5.74, 6) is -2.46. The van der Waals surface area contributed by atoms with Gasteiger partial charge in [-0.1, -0.05) is 29.8 Å². The first-order valence-electron chi connectivity index (χ1n) is 5.49. The second-order valence-electron chi connectivity index (χ2n) is 4.03. The number of carbonyl (C=O) groups excluding carboxylic acids is 1. The normalized spacial score (nSPS) is 11.2. The molecule has 0 bridgehead atoms. The fourth-order valence-corrected chi connectivity index (χ4v) is 1.73. The molecule has 110 valence electrons. The van der Waals surface area contributed by atoms with Crippen molar-refractivity contribution >= 4 is 23.5 Å². The Morgan fingerprint density at radius 1 is 1.25 bits per heavy atom. The standard InChI is InChI=1S/C12H11ClF3NO3/c13-9-4-2-1-3-8(9)5-10(18)17(6-11(19)20)7-12(14,15)16/h1-4H,5-7H2,(H,19,20). The molecule has 4 nitrogen and oxygen atoms in total. The van der Waals surface area contributed by atoms with E-state index in [0.717, 1.165) is 0 Å². The van der Waals surface area contributed by atoms with E-state index in [9.17, 15) is 22.8 Å². The van der Waals surface area contributed by atoms with E-state index in [-0.39, 0.29) is 16.3 Å². The molecule has 1 aromatic rings. The Hall–Kier alpha value is -1.76. The number of nitrogens with zero attached hydrogens (tertiary/aromatic N) is 1. The minimum absolute atomic E-state index is 0.239. The first-order chi connectivity index (χ1) is 9.19.